The minimum absolute atomic E-state index is 0.384. The first-order valence-electron chi connectivity index (χ1n) is 4.30. The average molecular weight is 204 g/mol. The highest BCUT2D eigenvalue weighted by atomic mass is 16.9. The Kier molecular flexibility index (Phi) is 2.27. The van der Waals surface area contributed by atoms with E-state index in [9.17, 15) is 4.79 Å². The van der Waals surface area contributed by atoms with Crippen LogP contribution in [0.4, 0.5) is 4.79 Å². The van der Waals surface area contributed by atoms with E-state index in [1.54, 1.807) is 24.3 Å². The Morgan fingerprint density at radius 1 is 1.53 bits per heavy atom. The zero-order valence-electron chi connectivity index (χ0n) is 8.01. The third-order valence-corrected chi connectivity index (χ3v) is 2.06. The Balaban J connectivity index is 2.08. The molecular formula is C10H8N2O3. The van der Waals surface area contributed by atoms with Crippen LogP contribution >= 0.6 is 0 Å². The zero-order valence-corrected chi connectivity index (χ0v) is 8.01. The second kappa shape index (κ2) is 3.59. The smallest absolute Gasteiger partial charge is 0.436 e. The molecule has 1 amide bonds. The van der Waals surface area contributed by atoms with Gasteiger partial charge in [0.15, 0.2) is 0 Å². The Labute approximate surface area is 86.4 Å². The first-order valence-corrected chi connectivity index (χ1v) is 4.30. The normalized spacial score (nSPS) is 18.1. The van der Waals surface area contributed by atoms with Crippen LogP contribution < -0.4 is 0 Å². The van der Waals surface area contributed by atoms with Crippen LogP contribution in [0.5, 0.6) is 0 Å². The largest absolute Gasteiger partial charge is 0.451 e. The van der Waals surface area contributed by atoms with E-state index < -0.39 is 6.09 Å². The van der Waals surface area contributed by atoms with E-state index in [1.165, 1.54) is 7.11 Å². The number of carbonyl (C=O) groups excluding carboxylic acids is 1. The Morgan fingerprint density at radius 3 is 2.73 bits per heavy atom. The monoisotopic (exact) mass is 204 g/mol. The van der Waals surface area contributed by atoms with Crippen molar-refractivity contribution < 1.29 is 14.4 Å². The maximum atomic E-state index is 11.0. The molecule has 0 radical (unpaired) electrons. The lowest BCUT2D eigenvalue weighted by Gasteiger charge is -1.96. The molecule has 1 aliphatic rings. The second-order valence-corrected chi connectivity index (χ2v) is 2.99. The first kappa shape index (κ1) is 9.49. The molecule has 1 unspecified atom stereocenters. The van der Waals surface area contributed by atoms with Gasteiger partial charge in [-0.25, -0.2) is 9.63 Å². The summed E-state index contributed by atoms with van der Waals surface area (Å²) in [6.07, 6.45) is -0.908. The number of methoxy groups -OCH3 is 1. The number of nitriles is 1. The third-order valence-electron chi connectivity index (χ3n) is 2.06. The molecule has 1 saturated heterocycles. The van der Waals surface area contributed by atoms with Crippen LogP contribution in [0.25, 0.3) is 0 Å². The molecule has 0 bridgehead atoms. The fourth-order valence-corrected chi connectivity index (χ4v) is 1.23. The Bertz CT molecular complexity index is 421. The molecule has 1 aromatic carbocycles. The van der Waals surface area contributed by atoms with Crippen LogP contribution in [-0.4, -0.2) is 18.3 Å². The van der Waals surface area contributed by atoms with Crippen LogP contribution in [-0.2, 0) is 9.57 Å². The first-order chi connectivity index (χ1) is 7.26. The van der Waals surface area contributed by atoms with Gasteiger partial charge in [0, 0.05) is 5.56 Å². The molecule has 15 heavy (non-hydrogen) atoms. The van der Waals surface area contributed by atoms with E-state index in [0.29, 0.717) is 5.56 Å². The van der Waals surface area contributed by atoms with Crippen LogP contribution in [0.15, 0.2) is 24.3 Å². The van der Waals surface area contributed by atoms with Gasteiger partial charge in [-0.1, -0.05) is 12.1 Å². The molecule has 5 heteroatoms. The molecule has 5 nitrogen and oxygen atoms in total. The maximum absolute atomic E-state index is 11.0. The van der Waals surface area contributed by atoms with Gasteiger partial charge >= 0.3 is 6.09 Å². The van der Waals surface area contributed by atoms with Crippen molar-refractivity contribution in [3.63, 3.8) is 0 Å². The molecule has 1 aliphatic heterocycles. The fourth-order valence-electron chi connectivity index (χ4n) is 1.23. The summed E-state index contributed by atoms with van der Waals surface area (Å²) in [6.45, 7) is 0. The van der Waals surface area contributed by atoms with Crippen molar-refractivity contribution in [3.05, 3.63) is 35.4 Å². The average Bonchev–Trinajstić information content (AvgIpc) is 3.08. The van der Waals surface area contributed by atoms with E-state index in [-0.39, 0.29) is 6.23 Å². The van der Waals surface area contributed by atoms with Crippen molar-refractivity contribution in [2.24, 2.45) is 0 Å². The van der Waals surface area contributed by atoms with Crippen molar-refractivity contribution in [2.75, 3.05) is 7.11 Å². The summed E-state index contributed by atoms with van der Waals surface area (Å²) in [5.74, 6) is 0. The van der Waals surface area contributed by atoms with Gasteiger partial charge < -0.3 is 4.74 Å². The van der Waals surface area contributed by atoms with Crippen LogP contribution in [0, 0.1) is 11.3 Å². The van der Waals surface area contributed by atoms with E-state index in [0.717, 1.165) is 10.6 Å². The zero-order chi connectivity index (χ0) is 10.8. The number of nitrogens with zero attached hydrogens (tertiary/aromatic N) is 2. The van der Waals surface area contributed by atoms with Gasteiger partial charge in [-0.3, -0.25) is 0 Å². The van der Waals surface area contributed by atoms with E-state index >= 15 is 0 Å². The minimum atomic E-state index is -0.524. The maximum Gasteiger partial charge on any atom is 0.436 e. The second-order valence-electron chi connectivity index (χ2n) is 2.99. The lowest BCUT2D eigenvalue weighted by Crippen LogP contribution is -2.10. The van der Waals surface area contributed by atoms with E-state index in [1.807, 2.05) is 6.07 Å². The number of benzene rings is 1. The summed E-state index contributed by atoms with van der Waals surface area (Å²) in [4.78, 5) is 16.0. The van der Waals surface area contributed by atoms with Crippen molar-refractivity contribution in [1.29, 1.82) is 5.26 Å². The molecule has 0 N–H and O–H groups in total. The highest BCUT2D eigenvalue weighted by molar-refractivity contribution is 5.68. The molecular weight excluding hydrogens is 196 g/mol. The molecule has 0 aliphatic carbocycles. The van der Waals surface area contributed by atoms with Crippen LogP contribution in [0.1, 0.15) is 17.4 Å². The molecule has 1 heterocycles. The molecule has 76 valence electrons. The number of carbonyl (C=O) groups is 1. The predicted octanol–water partition coefficient (Wildman–Crippen LogP) is 1.57. The summed E-state index contributed by atoms with van der Waals surface area (Å²) in [7, 11) is 1.29. The van der Waals surface area contributed by atoms with Gasteiger partial charge in [0.25, 0.3) is 0 Å². The van der Waals surface area contributed by atoms with Crippen molar-refractivity contribution in [1.82, 2.24) is 5.06 Å². The van der Waals surface area contributed by atoms with E-state index in [2.05, 4.69) is 4.74 Å². The van der Waals surface area contributed by atoms with Gasteiger partial charge in [-0.2, -0.15) is 5.26 Å². The quantitative estimate of drug-likeness (QED) is 0.651. The summed E-state index contributed by atoms with van der Waals surface area (Å²) in [6, 6.07) is 8.84. The number of hydrogen-bond donors (Lipinski definition) is 0. The van der Waals surface area contributed by atoms with Crippen molar-refractivity contribution in [3.8, 4) is 6.07 Å². The lowest BCUT2D eigenvalue weighted by atomic mass is 10.1. The van der Waals surface area contributed by atoms with Gasteiger partial charge in [0.2, 0.25) is 6.23 Å². The van der Waals surface area contributed by atoms with Gasteiger partial charge in [-0.15, -0.1) is 5.06 Å². The highest BCUT2D eigenvalue weighted by Crippen LogP contribution is 2.37. The van der Waals surface area contributed by atoms with E-state index in [4.69, 9.17) is 10.1 Å². The summed E-state index contributed by atoms with van der Waals surface area (Å²) in [5.41, 5.74) is 1.39. The number of amides is 1. The number of hydrogen-bond acceptors (Lipinski definition) is 4. The molecule has 1 atom stereocenters. The molecule has 1 fully saturated rings. The van der Waals surface area contributed by atoms with Crippen molar-refractivity contribution >= 4 is 6.09 Å². The molecule has 1 aromatic rings. The highest BCUT2D eigenvalue weighted by Gasteiger charge is 2.43. The SMILES string of the molecule is COC(=O)N1OC1c1ccc(C#N)cc1. The Morgan fingerprint density at radius 2 is 2.20 bits per heavy atom. The van der Waals surface area contributed by atoms with Crippen LogP contribution in [0.2, 0.25) is 0 Å². The number of rotatable bonds is 1. The Hall–Kier alpha value is -2.06. The predicted molar refractivity (Wildman–Crippen MR) is 49.2 cm³/mol. The fraction of sp³-hybridized carbons (Fsp3) is 0.200. The summed E-state index contributed by atoms with van der Waals surface area (Å²) < 4.78 is 4.48. The van der Waals surface area contributed by atoms with Gasteiger partial charge in [0.05, 0.1) is 18.7 Å². The topological polar surface area (TPSA) is 65.6 Å². The molecule has 0 aromatic heterocycles. The summed E-state index contributed by atoms with van der Waals surface area (Å²) >= 11 is 0. The van der Waals surface area contributed by atoms with Gasteiger partial charge in [-0.05, 0) is 12.1 Å². The summed E-state index contributed by atoms with van der Waals surface area (Å²) in [5, 5.41) is 9.72. The molecule has 2 rings (SSSR count). The number of hydroxylamine groups is 2. The van der Waals surface area contributed by atoms with Gasteiger partial charge in [0.1, 0.15) is 0 Å². The molecule has 0 spiro atoms. The minimum Gasteiger partial charge on any atom is -0.451 e. The van der Waals surface area contributed by atoms with Crippen molar-refractivity contribution in [2.45, 2.75) is 6.23 Å². The van der Waals surface area contributed by atoms with Crippen LogP contribution in [0.3, 0.4) is 0 Å². The standard InChI is InChI=1S/C10H8N2O3/c1-14-10(13)12-9(15-12)8-4-2-7(6-11)3-5-8/h2-5,9H,1H3. The number of ether oxygens (including phenoxy) is 1. The third kappa shape index (κ3) is 1.75. The lowest BCUT2D eigenvalue weighted by molar-refractivity contribution is 0.111. The molecule has 0 saturated carbocycles.